The van der Waals surface area contributed by atoms with Crippen molar-refractivity contribution < 1.29 is 13.6 Å². The zero-order chi connectivity index (χ0) is 18.1. The number of hydrogen-bond donors (Lipinski definition) is 1. The molecule has 1 saturated heterocycles. The molecule has 2 aromatic carbocycles. The molecule has 0 amide bonds. The van der Waals surface area contributed by atoms with Gasteiger partial charge in [0.15, 0.2) is 5.78 Å². The van der Waals surface area contributed by atoms with Crippen LogP contribution in [0.2, 0.25) is 0 Å². The predicted molar refractivity (Wildman–Crippen MR) is 97.0 cm³/mol. The van der Waals surface area contributed by atoms with Gasteiger partial charge in [-0.25, -0.2) is 8.78 Å². The molecule has 5 heteroatoms. The Morgan fingerprint density at radius 3 is 2.42 bits per heavy atom. The second-order valence-electron chi connectivity index (χ2n) is 6.64. The van der Waals surface area contributed by atoms with Crippen LogP contribution in [0.1, 0.15) is 23.2 Å². The van der Waals surface area contributed by atoms with Gasteiger partial charge in [-0.3, -0.25) is 9.78 Å². The van der Waals surface area contributed by atoms with Crippen LogP contribution >= 0.6 is 0 Å². The smallest absolute Gasteiger partial charge is 0.171 e. The van der Waals surface area contributed by atoms with Crippen molar-refractivity contribution in [3.63, 3.8) is 0 Å². The molecule has 0 unspecified atom stereocenters. The Morgan fingerprint density at radius 2 is 1.69 bits per heavy atom. The van der Waals surface area contributed by atoms with Gasteiger partial charge >= 0.3 is 0 Å². The Balaban J connectivity index is 1.71. The van der Waals surface area contributed by atoms with E-state index in [0.717, 1.165) is 10.8 Å². The molecule has 1 fully saturated rings. The normalized spacial score (nSPS) is 15.3. The molecule has 2 heterocycles. The summed E-state index contributed by atoms with van der Waals surface area (Å²) < 4.78 is 29.3. The first-order chi connectivity index (χ1) is 12.6. The summed E-state index contributed by atoms with van der Waals surface area (Å²) in [5.41, 5.74) is 0.702. The number of Topliss-reactive ketones (excluding diaryl/α,β-unsaturated/α-hetero) is 1. The number of hydrogen-bond acceptors (Lipinski definition) is 3. The number of aromatic nitrogens is 1. The standard InChI is InChI=1S/C21H18F2N2O/c22-18-10-17(14-1-2-16-12-25-8-5-15(16)9-14)11-19(23)20(18)21(26)13-3-6-24-7-4-13/h1-2,5,8-13,24H,3-4,6-7H2. The van der Waals surface area contributed by atoms with Crippen molar-refractivity contribution >= 4 is 16.6 Å². The molecule has 0 saturated carbocycles. The van der Waals surface area contributed by atoms with Crippen molar-refractivity contribution in [1.82, 2.24) is 10.3 Å². The number of carbonyl (C=O) groups is 1. The van der Waals surface area contributed by atoms with Crippen molar-refractivity contribution in [3.05, 3.63) is 66.0 Å². The zero-order valence-electron chi connectivity index (χ0n) is 14.1. The van der Waals surface area contributed by atoms with Gasteiger partial charge in [0.05, 0.1) is 5.56 Å². The summed E-state index contributed by atoms with van der Waals surface area (Å²) in [5, 5.41) is 5.04. The SMILES string of the molecule is O=C(c1c(F)cc(-c2ccc3cnccc3c2)cc1F)C1CCNCC1. The van der Waals surface area contributed by atoms with E-state index >= 15 is 0 Å². The minimum Gasteiger partial charge on any atom is -0.317 e. The molecule has 1 aliphatic heterocycles. The summed E-state index contributed by atoms with van der Waals surface area (Å²) in [7, 11) is 0. The Labute approximate surface area is 150 Å². The molecule has 1 aliphatic rings. The van der Waals surface area contributed by atoms with Crippen LogP contribution in [0.3, 0.4) is 0 Å². The van der Waals surface area contributed by atoms with Gasteiger partial charge in [0.2, 0.25) is 0 Å². The maximum atomic E-state index is 14.6. The van der Waals surface area contributed by atoms with Crippen molar-refractivity contribution in [2.45, 2.75) is 12.8 Å². The lowest BCUT2D eigenvalue weighted by molar-refractivity contribution is 0.0886. The molecule has 1 N–H and O–H groups in total. The number of ketones is 1. The van der Waals surface area contributed by atoms with E-state index in [4.69, 9.17) is 0 Å². The number of piperidine rings is 1. The van der Waals surface area contributed by atoms with Crippen molar-refractivity contribution in [2.75, 3.05) is 13.1 Å². The number of rotatable bonds is 3. The first-order valence-electron chi connectivity index (χ1n) is 8.71. The van der Waals surface area contributed by atoms with E-state index in [-0.39, 0.29) is 5.92 Å². The van der Waals surface area contributed by atoms with Gasteiger partial charge in [-0.05, 0) is 66.7 Å². The molecule has 1 aromatic heterocycles. The van der Waals surface area contributed by atoms with Crippen LogP contribution < -0.4 is 5.32 Å². The molecule has 0 bridgehead atoms. The number of fused-ring (bicyclic) bond motifs is 1. The van der Waals surface area contributed by atoms with Gasteiger partial charge in [-0.2, -0.15) is 0 Å². The molecule has 0 atom stereocenters. The second kappa shape index (κ2) is 6.92. The molecule has 4 rings (SSSR count). The summed E-state index contributed by atoms with van der Waals surface area (Å²) in [4.78, 5) is 16.6. The number of nitrogens with one attached hydrogen (secondary N) is 1. The van der Waals surface area contributed by atoms with E-state index in [0.29, 0.717) is 37.1 Å². The quantitative estimate of drug-likeness (QED) is 0.712. The van der Waals surface area contributed by atoms with E-state index in [1.165, 1.54) is 12.1 Å². The van der Waals surface area contributed by atoms with Gasteiger partial charge in [0.25, 0.3) is 0 Å². The maximum absolute atomic E-state index is 14.6. The Hall–Kier alpha value is -2.66. The molecule has 0 aliphatic carbocycles. The largest absolute Gasteiger partial charge is 0.317 e. The number of nitrogens with zero attached hydrogens (tertiary/aromatic N) is 1. The fourth-order valence-electron chi connectivity index (χ4n) is 3.53. The number of carbonyl (C=O) groups excluding carboxylic acids is 1. The van der Waals surface area contributed by atoms with Crippen LogP contribution in [0.25, 0.3) is 21.9 Å². The van der Waals surface area contributed by atoms with E-state index in [1.807, 2.05) is 18.2 Å². The minimum atomic E-state index is -0.793. The highest BCUT2D eigenvalue weighted by Gasteiger charge is 2.27. The summed E-state index contributed by atoms with van der Waals surface area (Å²) >= 11 is 0. The van der Waals surface area contributed by atoms with Crippen LogP contribution in [0.4, 0.5) is 8.78 Å². The van der Waals surface area contributed by atoms with E-state index in [2.05, 4.69) is 10.3 Å². The molecule has 0 spiro atoms. The average Bonchev–Trinajstić information content (AvgIpc) is 2.67. The highest BCUT2D eigenvalue weighted by molar-refractivity contribution is 5.99. The minimum absolute atomic E-state index is 0.320. The molecule has 132 valence electrons. The van der Waals surface area contributed by atoms with Gasteiger partial charge < -0.3 is 5.32 Å². The van der Waals surface area contributed by atoms with Gasteiger partial charge in [-0.1, -0.05) is 12.1 Å². The third-order valence-corrected chi connectivity index (χ3v) is 4.97. The molecular weight excluding hydrogens is 334 g/mol. The Kier molecular flexibility index (Phi) is 4.47. The van der Waals surface area contributed by atoms with E-state index in [9.17, 15) is 13.6 Å². The molecular formula is C21H18F2N2O. The highest BCUT2D eigenvalue weighted by Crippen LogP contribution is 2.29. The predicted octanol–water partition coefficient (Wildman–Crippen LogP) is 4.36. The topological polar surface area (TPSA) is 42.0 Å². The van der Waals surface area contributed by atoms with Gasteiger partial charge in [0.1, 0.15) is 11.6 Å². The number of pyridine rings is 1. The lowest BCUT2D eigenvalue weighted by atomic mass is 9.88. The fourth-order valence-corrected chi connectivity index (χ4v) is 3.53. The van der Waals surface area contributed by atoms with Crippen molar-refractivity contribution in [2.24, 2.45) is 5.92 Å². The number of halogens is 2. The van der Waals surface area contributed by atoms with Gasteiger partial charge in [-0.15, -0.1) is 0 Å². The summed E-state index contributed by atoms with van der Waals surface area (Å²) in [6.07, 6.45) is 4.63. The van der Waals surface area contributed by atoms with E-state index in [1.54, 1.807) is 18.5 Å². The first kappa shape index (κ1) is 16.8. The van der Waals surface area contributed by atoms with Crippen molar-refractivity contribution in [3.8, 4) is 11.1 Å². The lowest BCUT2D eigenvalue weighted by Gasteiger charge is -2.22. The third kappa shape index (κ3) is 3.10. The van der Waals surface area contributed by atoms with Crippen LogP contribution in [-0.4, -0.2) is 23.9 Å². The fraction of sp³-hybridized carbons (Fsp3) is 0.238. The second-order valence-corrected chi connectivity index (χ2v) is 6.64. The third-order valence-electron chi connectivity index (χ3n) is 4.97. The Bertz CT molecular complexity index is 958. The molecule has 3 nitrogen and oxygen atoms in total. The van der Waals surface area contributed by atoms with Crippen LogP contribution in [0.15, 0.2) is 48.8 Å². The highest BCUT2D eigenvalue weighted by atomic mass is 19.1. The first-order valence-corrected chi connectivity index (χ1v) is 8.71. The molecule has 26 heavy (non-hydrogen) atoms. The van der Waals surface area contributed by atoms with Crippen LogP contribution in [0, 0.1) is 17.6 Å². The maximum Gasteiger partial charge on any atom is 0.171 e. The summed E-state index contributed by atoms with van der Waals surface area (Å²) in [6, 6.07) is 9.87. The summed E-state index contributed by atoms with van der Waals surface area (Å²) in [5.74, 6) is -2.34. The van der Waals surface area contributed by atoms with Crippen LogP contribution in [0.5, 0.6) is 0 Å². The van der Waals surface area contributed by atoms with Gasteiger partial charge in [0, 0.05) is 23.7 Å². The molecule has 0 radical (unpaired) electrons. The lowest BCUT2D eigenvalue weighted by Crippen LogP contribution is -2.32. The van der Waals surface area contributed by atoms with Crippen LogP contribution in [-0.2, 0) is 0 Å². The average molecular weight is 352 g/mol. The number of benzene rings is 2. The zero-order valence-corrected chi connectivity index (χ0v) is 14.1. The monoisotopic (exact) mass is 352 g/mol. The summed E-state index contributed by atoms with van der Waals surface area (Å²) in [6.45, 7) is 1.40. The van der Waals surface area contributed by atoms with E-state index < -0.39 is 23.0 Å². The Morgan fingerprint density at radius 1 is 0.962 bits per heavy atom. The molecule has 3 aromatic rings. The van der Waals surface area contributed by atoms with Crippen molar-refractivity contribution in [1.29, 1.82) is 0 Å².